The monoisotopic (exact) mass is 439 g/mol. The highest BCUT2D eigenvalue weighted by Gasteiger charge is 2.55. The van der Waals surface area contributed by atoms with Crippen molar-refractivity contribution in [3.05, 3.63) is 47.0 Å². The summed E-state index contributed by atoms with van der Waals surface area (Å²) in [4.78, 5) is 32.8. The zero-order valence-electron chi connectivity index (χ0n) is 18.2. The van der Waals surface area contributed by atoms with Gasteiger partial charge in [-0.05, 0) is 25.1 Å². The van der Waals surface area contributed by atoms with Gasteiger partial charge in [0.15, 0.2) is 11.4 Å². The Labute approximate surface area is 185 Å². The Kier molecular flexibility index (Phi) is 5.00. The standard InChI is InChI=1S/C23H26FN5O3/c1-14-17(5-4-16(26-14)21(30)25-2)29-11-9-28(10-12-29)13-15-3-6-18-20(19(15)24)27-22(31)23(32-18)7-8-23/h3-6H,7-13H2,1-2H3,(H,25,30)(H,27,31). The molecule has 3 aliphatic rings. The first-order chi connectivity index (χ1) is 15.4. The van der Waals surface area contributed by atoms with E-state index in [9.17, 15) is 9.59 Å². The lowest BCUT2D eigenvalue weighted by molar-refractivity contribution is -0.125. The van der Waals surface area contributed by atoms with Crippen LogP contribution in [0.5, 0.6) is 5.75 Å². The maximum Gasteiger partial charge on any atom is 0.269 e. The molecule has 2 N–H and O–H groups in total. The summed E-state index contributed by atoms with van der Waals surface area (Å²) in [6.07, 6.45) is 1.35. The Bertz CT molecular complexity index is 1090. The summed E-state index contributed by atoms with van der Waals surface area (Å²) < 4.78 is 20.9. The van der Waals surface area contributed by atoms with E-state index in [1.165, 1.54) is 0 Å². The largest absolute Gasteiger partial charge is 0.475 e. The maximum atomic E-state index is 15.1. The number of halogens is 1. The molecule has 1 aromatic heterocycles. The number of hydrogen-bond acceptors (Lipinski definition) is 6. The topological polar surface area (TPSA) is 86.8 Å². The van der Waals surface area contributed by atoms with Gasteiger partial charge in [0.1, 0.15) is 17.1 Å². The zero-order valence-corrected chi connectivity index (χ0v) is 18.2. The number of benzene rings is 1. The van der Waals surface area contributed by atoms with Gasteiger partial charge in [-0.2, -0.15) is 0 Å². The molecule has 0 bridgehead atoms. The molecule has 2 aromatic rings. The summed E-state index contributed by atoms with van der Waals surface area (Å²) in [6.45, 7) is 5.44. The van der Waals surface area contributed by atoms with Gasteiger partial charge in [-0.1, -0.05) is 6.07 Å². The lowest BCUT2D eigenvalue weighted by Gasteiger charge is -2.37. The van der Waals surface area contributed by atoms with Crippen molar-refractivity contribution >= 4 is 23.2 Å². The number of amides is 2. The summed E-state index contributed by atoms with van der Waals surface area (Å²) in [5.74, 6) is -0.457. The number of aromatic nitrogens is 1. The smallest absolute Gasteiger partial charge is 0.269 e. The molecule has 32 heavy (non-hydrogen) atoms. The predicted octanol–water partition coefficient (Wildman–Crippen LogP) is 2.07. The van der Waals surface area contributed by atoms with Gasteiger partial charge >= 0.3 is 0 Å². The predicted molar refractivity (Wildman–Crippen MR) is 117 cm³/mol. The molecule has 2 aliphatic heterocycles. The Balaban J connectivity index is 1.24. The van der Waals surface area contributed by atoms with Crippen LogP contribution in [0.25, 0.3) is 0 Å². The lowest BCUT2D eigenvalue weighted by atomic mass is 10.1. The second-order valence-electron chi connectivity index (χ2n) is 8.61. The second kappa shape index (κ2) is 7.74. The van der Waals surface area contributed by atoms with E-state index in [1.807, 2.05) is 13.0 Å². The van der Waals surface area contributed by atoms with Crippen LogP contribution in [-0.2, 0) is 11.3 Å². The minimum Gasteiger partial charge on any atom is -0.475 e. The molecule has 0 unspecified atom stereocenters. The normalized spacial score (nSPS) is 19.2. The summed E-state index contributed by atoms with van der Waals surface area (Å²) in [5, 5.41) is 5.30. The first-order valence-electron chi connectivity index (χ1n) is 10.9. The summed E-state index contributed by atoms with van der Waals surface area (Å²) >= 11 is 0. The fourth-order valence-electron chi connectivity index (χ4n) is 4.38. The van der Waals surface area contributed by atoms with Gasteiger partial charge in [0.2, 0.25) is 0 Å². The maximum absolute atomic E-state index is 15.1. The van der Waals surface area contributed by atoms with E-state index < -0.39 is 11.4 Å². The van der Waals surface area contributed by atoms with E-state index in [0.717, 1.165) is 37.6 Å². The number of carbonyl (C=O) groups is 2. The van der Waals surface area contributed by atoms with E-state index in [-0.39, 0.29) is 17.5 Å². The number of aryl methyl sites for hydroxylation is 1. The van der Waals surface area contributed by atoms with Crippen LogP contribution in [0.1, 0.15) is 34.6 Å². The van der Waals surface area contributed by atoms with E-state index in [1.54, 1.807) is 25.2 Å². The molecule has 1 saturated carbocycles. The molecule has 168 valence electrons. The molecule has 5 rings (SSSR count). The van der Waals surface area contributed by atoms with Crippen LogP contribution in [0.15, 0.2) is 24.3 Å². The van der Waals surface area contributed by atoms with Gasteiger partial charge in [0.05, 0.1) is 11.4 Å². The molecule has 8 nitrogen and oxygen atoms in total. The van der Waals surface area contributed by atoms with Crippen molar-refractivity contribution in [1.29, 1.82) is 0 Å². The van der Waals surface area contributed by atoms with Crippen LogP contribution in [0.2, 0.25) is 0 Å². The fraction of sp³-hybridized carbons (Fsp3) is 0.435. The molecule has 1 aliphatic carbocycles. The van der Waals surface area contributed by atoms with Crippen LogP contribution in [0, 0.1) is 12.7 Å². The number of hydrogen-bond donors (Lipinski definition) is 2. The highest BCUT2D eigenvalue weighted by atomic mass is 19.1. The third-order valence-corrected chi connectivity index (χ3v) is 6.47. The quantitative estimate of drug-likeness (QED) is 0.759. The minimum atomic E-state index is -0.775. The van der Waals surface area contributed by atoms with Crippen molar-refractivity contribution in [2.45, 2.75) is 31.9 Å². The number of carbonyl (C=O) groups excluding carboxylic acids is 2. The number of anilines is 2. The van der Waals surface area contributed by atoms with E-state index >= 15 is 4.39 Å². The summed E-state index contributed by atoms with van der Waals surface area (Å²) in [5.41, 5.74) is 2.14. The van der Waals surface area contributed by atoms with Crippen LogP contribution in [0.3, 0.4) is 0 Å². The fourth-order valence-corrected chi connectivity index (χ4v) is 4.38. The Hall–Kier alpha value is -3.20. The minimum absolute atomic E-state index is 0.154. The van der Waals surface area contributed by atoms with E-state index in [2.05, 4.69) is 25.4 Å². The van der Waals surface area contributed by atoms with E-state index in [4.69, 9.17) is 4.74 Å². The molecule has 1 spiro atoms. The van der Waals surface area contributed by atoms with Gasteiger partial charge in [-0.3, -0.25) is 14.5 Å². The number of rotatable bonds is 4. The third-order valence-electron chi connectivity index (χ3n) is 6.47. The second-order valence-corrected chi connectivity index (χ2v) is 8.61. The molecular weight excluding hydrogens is 413 g/mol. The Morgan fingerprint density at radius 2 is 1.97 bits per heavy atom. The first kappa shape index (κ1) is 20.7. The lowest BCUT2D eigenvalue weighted by Crippen LogP contribution is -2.46. The van der Waals surface area contributed by atoms with Crippen molar-refractivity contribution in [3.63, 3.8) is 0 Å². The third kappa shape index (κ3) is 3.56. The van der Waals surface area contributed by atoms with Crippen molar-refractivity contribution in [3.8, 4) is 5.75 Å². The van der Waals surface area contributed by atoms with Crippen molar-refractivity contribution in [1.82, 2.24) is 15.2 Å². The van der Waals surface area contributed by atoms with Crippen LogP contribution >= 0.6 is 0 Å². The van der Waals surface area contributed by atoms with Crippen molar-refractivity contribution in [2.75, 3.05) is 43.4 Å². The van der Waals surface area contributed by atoms with Gasteiger partial charge in [-0.25, -0.2) is 9.37 Å². The highest BCUT2D eigenvalue weighted by Crippen LogP contribution is 2.47. The molecule has 3 heterocycles. The van der Waals surface area contributed by atoms with Crippen molar-refractivity contribution in [2.24, 2.45) is 0 Å². The van der Waals surface area contributed by atoms with Gasteiger partial charge in [0.25, 0.3) is 11.8 Å². The number of ether oxygens (including phenoxy) is 1. The molecular formula is C23H26FN5O3. The van der Waals surface area contributed by atoms with Gasteiger partial charge < -0.3 is 20.3 Å². The highest BCUT2D eigenvalue weighted by molar-refractivity contribution is 6.02. The molecule has 2 amide bonds. The molecule has 2 fully saturated rings. The van der Waals surface area contributed by atoms with Gasteiger partial charge in [0, 0.05) is 58.2 Å². The molecule has 0 atom stereocenters. The average molecular weight is 439 g/mol. The Morgan fingerprint density at radius 1 is 1.22 bits per heavy atom. The number of nitrogens with zero attached hydrogens (tertiary/aromatic N) is 3. The Morgan fingerprint density at radius 3 is 2.62 bits per heavy atom. The molecule has 1 aromatic carbocycles. The number of pyridine rings is 1. The number of piperazine rings is 1. The van der Waals surface area contributed by atoms with Crippen LogP contribution < -0.4 is 20.3 Å². The zero-order chi connectivity index (χ0) is 22.5. The molecule has 1 saturated heterocycles. The average Bonchev–Trinajstić information content (AvgIpc) is 3.57. The molecule has 0 radical (unpaired) electrons. The number of nitrogens with one attached hydrogen (secondary N) is 2. The van der Waals surface area contributed by atoms with E-state index in [0.29, 0.717) is 36.4 Å². The molecule has 9 heteroatoms. The first-order valence-corrected chi connectivity index (χ1v) is 10.9. The van der Waals surface area contributed by atoms with Crippen LogP contribution in [0.4, 0.5) is 15.8 Å². The summed E-state index contributed by atoms with van der Waals surface area (Å²) in [7, 11) is 1.59. The SMILES string of the molecule is CNC(=O)c1ccc(N2CCN(Cc3ccc4c(c3F)NC(=O)C3(CC3)O4)CC2)c(C)n1. The summed E-state index contributed by atoms with van der Waals surface area (Å²) in [6, 6.07) is 7.17. The number of fused-ring (bicyclic) bond motifs is 1. The van der Waals surface area contributed by atoms with Gasteiger partial charge in [-0.15, -0.1) is 0 Å². The van der Waals surface area contributed by atoms with Crippen molar-refractivity contribution < 1.29 is 18.7 Å². The van der Waals surface area contributed by atoms with Crippen LogP contribution in [-0.4, -0.2) is 60.5 Å².